The van der Waals surface area contributed by atoms with Crippen molar-refractivity contribution in [2.75, 3.05) is 31.1 Å². The molecule has 2 aromatic carbocycles. The molecule has 1 amide bonds. The van der Waals surface area contributed by atoms with Gasteiger partial charge in [0.1, 0.15) is 18.1 Å². The van der Waals surface area contributed by atoms with Crippen LogP contribution < -0.4 is 9.64 Å². The van der Waals surface area contributed by atoms with Crippen molar-refractivity contribution in [1.82, 2.24) is 4.90 Å². The van der Waals surface area contributed by atoms with E-state index in [0.717, 1.165) is 18.8 Å². The van der Waals surface area contributed by atoms with Gasteiger partial charge in [-0.25, -0.2) is 0 Å². The van der Waals surface area contributed by atoms with E-state index in [2.05, 4.69) is 4.90 Å². The third kappa shape index (κ3) is 4.86. The lowest BCUT2D eigenvalue weighted by Gasteiger charge is -2.35. The van der Waals surface area contributed by atoms with Crippen LogP contribution in [0.25, 0.3) is 0 Å². The Morgan fingerprint density at radius 1 is 0.900 bits per heavy atom. The summed E-state index contributed by atoms with van der Waals surface area (Å²) in [4.78, 5) is 16.8. The van der Waals surface area contributed by atoms with Crippen molar-refractivity contribution in [3.8, 4) is 5.75 Å². The van der Waals surface area contributed by atoms with Crippen LogP contribution in [0.4, 0.5) is 5.69 Å². The summed E-state index contributed by atoms with van der Waals surface area (Å²) >= 11 is 17.9. The van der Waals surface area contributed by atoms with Gasteiger partial charge in [0.05, 0.1) is 5.02 Å². The van der Waals surface area contributed by atoms with Crippen molar-refractivity contribution in [2.45, 2.75) is 6.61 Å². The molecule has 1 fully saturated rings. The highest BCUT2D eigenvalue weighted by atomic mass is 35.5. The maximum Gasteiger partial charge on any atom is 0.289 e. The van der Waals surface area contributed by atoms with E-state index in [9.17, 15) is 4.79 Å². The van der Waals surface area contributed by atoms with E-state index >= 15 is 0 Å². The number of benzene rings is 2. The number of anilines is 1. The number of ether oxygens (including phenoxy) is 1. The fourth-order valence-corrected chi connectivity index (χ4v) is 3.88. The van der Waals surface area contributed by atoms with Crippen LogP contribution in [0, 0.1) is 0 Å². The predicted octanol–water partition coefficient (Wildman–Crippen LogP) is 5.78. The van der Waals surface area contributed by atoms with Gasteiger partial charge in [0.25, 0.3) is 5.91 Å². The van der Waals surface area contributed by atoms with Crippen molar-refractivity contribution in [2.24, 2.45) is 0 Å². The molecule has 30 heavy (non-hydrogen) atoms. The molecular formula is C22H19Cl3N2O3. The molecule has 0 saturated carbocycles. The Balaban J connectivity index is 1.32. The van der Waals surface area contributed by atoms with E-state index in [0.29, 0.717) is 45.4 Å². The number of hydrogen-bond donors (Lipinski definition) is 0. The molecule has 0 bridgehead atoms. The maximum absolute atomic E-state index is 12.8. The summed E-state index contributed by atoms with van der Waals surface area (Å²) in [6.07, 6.45) is 0. The Kier molecular flexibility index (Phi) is 6.42. The van der Waals surface area contributed by atoms with Crippen LogP contribution in [-0.2, 0) is 6.61 Å². The summed E-state index contributed by atoms with van der Waals surface area (Å²) in [6.45, 7) is 2.90. The van der Waals surface area contributed by atoms with Gasteiger partial charge in [0.15, 0.2) is 5.76 Å². The molecule has 0 spiro atoms. The molecule has 3 aromatic rings. The van der Waals surface area contributed by atoms with Gasteiger partial charge in [-0.05, 0) is 54.6 Å². The van der Waals surface area contributed by atoms with E-state index in [4.69, 9.17) is 44.0 Å². The average Bonchev–Trinajstić information content (AvgIpc) is 3.22. The number of amides is 1. The molecule has 4 rings (SSSR count). The first-order chi connectivity index (χ1) is 14.5. The third-order valence-corrected chi connectivity index (χ3v) is 5.68. The largest absolute Gasteiger partial charge is 0.484 e. The average molecular weight is 466 g/mol. The monoisotopic (exact) mass is 464 g/mol. The van der Waals surface area contributed by atoms with Crippen molar-refractivity contribution < 1.29 is 13.9 Å². The zero-order chi connectivity index (χ0) is 21.1. The number of piperazine rings is 1. The normalized spacial score (nSPS) is 14.1. The lowest BCUT2D eigenvalue weighted by Crippen LogP contribution is -2.48. The van der Waals surface area contributed by atoms with Gasteiger partial charge in [0.2, 0.25) is 0 Å². The molecule has 0 N–H and O–H groups in total. The Bertz CT molecular complexity index is 1030. The minimum atomic E-state index is -0.124. The lowest BCUT2D eigenvalue weighted by molar-refractivity contribution is 0.0710. The molecule has 8 heteroatoms. The molecule has 1 aromatic heterocycles. The van der Waals surface area contributed by atoms with E-state index in [-0.39, 0.29) is 12.5 Å². The Morgan fingerprint density at radius 3 is 2.30 bits per heavy atom. The molecule has 156 valence electrons. The summed E-state index contributed by atoms with van der Waals surface area (Å²) in [7, 11) is 0. The van der Waals surface area contributed by atoms with Crippen molar-refractivity contribution in [3.05, 3.63) is 81.2 Å². The molecule has 0 atom stereocenters. The van der Waals surface area contributed by atoms with Crippen LogP contribution in [0.3, 0.4) is 0 Å². The van der Waals surface area contributed by atoms with Crippen LogP contribution in [0.15, 0.2) is 59.0 Å². The molecule has 2 heterocycles. The second kappa shape index (κ2) is 9.21. The number of halogens is 3. The van der Waals surface area contributed by atoms with Gasteiger partial charge in [-0.2, -0.15) is 0 Å². The van der Waals surface area contributed by atoms with E-state index < -0.39 is 0 Å². The molecule has 0 aliphatic carbocycles. The highest BCUT2D eigenvalue weighted by Gasteiger charge is 2.24. The number of hydrogen-bond acceptors (Lipinski definition) is 4. The summed E-state index contributed by atoms with van der Waals surface area (Å²) in [5.74, 6) is 1.23. The standard InChI is InChI=1S/C22H19Cl3N2O3/c23-15-1-4-17(5-2-15)26-9-11-27(12-10-26)22(28)21-8-6-18(30-21)14-29-20-7-3-16(24)13-19(20)25/h1-8,13H,9-12,14H2. The van der Waals surface area contributed by atoms with Gasteiger partial charge >= 0.3 is 0 Å². The SMILES string of the molecule is O=C(c1ccc(COc2ccc(Cl)cc2Cl)o1)N1CCN(c2ccc(Cl)cc2)CC1. The van der Waals surface area contributed by atoms with Crippen LogP contribution in [0.1, 0.15) is 16.3 Å². The van der Waals surface area contributed by atoms with Crippen molar-refractivity contribution >= 4 is 46.4 Å². The molecule has 0 radical (unpaired) electrons. The number of nitrogens with zero attached hydrogens (tertiary/aromatic N) is 2. The van der Waals surface area contributed by atoms with E-state index in [1.165, 1.54) is 0 Å². The van der Waals surface area contributed by atoms with Gasteiger partial charge < -0.3 is 19.0 Å². The fourth-order valence-electron chi connectivity index (χ4n) is 3.29. The fraction of sp³-hybridized carbons (Fsp3) is 0.227. The second-order valence-corrected chi connectivity index (χ2v) is 8.17. The van der Waals surface area contributed by atoms with Crippen molar-refractivity contribution in [3.63, 3.8) is 0 Å². The van der Waals surface area contributed by atoms with Gasteiger partial charge in [-0.3, -0.25) is 4.79 Å². The van der Waals surface area contributed by atoms with Gasteiger partial charge in [-0.1, -0.05) is 34.8 Å². The lowest BCUT2D eigenvalue weighted by atomic mass is 10.2. The number of furan rings is 1. The van der Waals surface area contributed by atoms with Crippen LogP contribution in [0.5, 0.6) is 5.75 Å². The molecule has 0 unspecified atom stereocenters. The highest BCUT2D eigenvalue weighted by molar-refractivity contribution is 6.35. The maximum atomic E-state index is 12.8. The minimum Gasteiger partial charge on any atom is -0.484 e. The Morgan fingerprint density at radius 2 is 1.60 bits per heavy atom. The molecule has 5 nitrogen and oxygen atoms in total. The smallest absolute Gasteiger partial charge is 0.289 e. The molecular weight excluding hydrogens is 447 g/mol. The zero-order valence-corrected chi connectivity index (χ0v) is 18.3. The van der Waals surface area contributed by atoms with E-state index in [1.54, 1.807) is 35.2 Å². The van der Waals surface area contributed by atoms with Crippen LogP contribution in [-0.4, -0.2) is 37.0 Å². The number of carbonyl (C=O) groups excluding carboxylic acids is 1. The Labute approximate surface area is 189 Å². The summed E-state index contributed by atoms with van der Waals surface area (Å²) in [5, 5.41) is 1.67. The third-order valence-electron chi connectivity index (χ3n) is 4.89. The van der Waals surface area contributed by atoms with Gasteiger partial charge in [0, 0.05) is 41.9 Å². The highest BCUT2D eigenvalue weighted by Crippen LogP contribution is 2.28. The quantitative estimate of drug-likeness (QED) is 0.479. The Hall–Kier alpha value is -2.34. The predicted molar refractivity (Wildman–Crippen MR) is 119 cm³/mol. The zero-order valence-electron chi connectivity index (χ0n) is 16.0. The first-order valence-corrected chi connectivity index (χ1v) is 10.6. The molecule has 1 saturated heterocycles. The van der Waals surface area contributed by atoms with Crippen LogP contribution in [0.2, 0.25) is 15.1 Å². The van der Waals surface area contributed by atoms with Gasteiger partial charge in [-0.15, -0.1) is 0 Å². The summed E-state index contributed by atoms with van der Waals surface area (Å²) < 4.78 is 11.4. The van der Waals surface area contributed by atoms with E-state index in [1.807, 2.05) is 24.3 Å². The summed E-state index contributed by atoms with van der Waals surface area (Å²) in [6, 6.07) is 16.1. The summed E-state index contributed by atoms with van der Waals surface area (Å²) in [5.41, 5.74) is 1.10. The molecule has 1 aliphatic rings. The van der Waals surface area contributed by atoms with Crippen molar-refractivity contribution in [1.29, 1.82) is 0 Å². The molecule has 1 aliphatic heterocycles. The number of carbonyl (C=O) groups is 1. The van der Waals surface area contributed by atoms with Crippen LogP contribution >= 0.6 is 34.8 Å². The number of rotatable bonds is 5. The topological polar surface area (TPSA) is 45.9 Å². The first-order valence-electron chi connectivity index (χ1n) is 9.46. The minimum absolute atomic E-state index is 0.124. The first kappa shape index (κ1) is 20.9. The second-order valence-electron chi connectivity index (χ2n) is 6.89.